The Kier molecular flexibility index (Phi) is 4.23. The van der Waals surface area contributed by atoms with Gasteiger partial charge in [0, 0.05) is 22.3 Å². The molecule has 0 aliphatic heterocycles. The van der Waals surface area contributed by atoms with Crippen LogP contribution in [0.2, 0.25) is 0 Å². The van der Waals surface area contributed by atoms with Gasteiger partial charge < -0.3 is 9.73 Å². The topological polar surface area (TPSA) is 25.2 Å². The summed E-state index contributed by atoms with van der Waals surface area (Å²) in [5.41, 5.74) is 1.13. The minimum absolute atomic E-state index is 0.200. The molecule has 0 spiro atoms. The lowest BCUT2D eigenvalue weighted by atomic mass is 10.2. The molecule has 1 unspecified atom stereocenters. The highest BCUT2D eigenvalue weighted by Gasteiger charge is 2.10. The van der Waals surface area contributed by atoms with Gasteiger partial charge in [0.05, 0.1) is 12.5 Å². The van der Waals surface area contributed by atoms with E-state index >= 15 is 0 Å². The largest absolute Gasteiger partial charge is 0.472 e. The fraction of sp³-hybridized carbons (Fsp3) is 0.231. The zero-order chi connectivity index (χ0) is 12.1. The van der Waals surface area contributed by atoms with Crippen molar-refractivity contribution in [1.82, 2.24) is 5.32 Å². The van der Waals surface area contributed by atoms with Crippen molar-refractivity contribution >= 4 is 11.8 Å². The fourth-order valence-corrected chi connectivity index (χ4v) is 2.58. The number of hydrogen-bond donors (Lipinski definition) is 1. The van der Waals surface area contributed by atoms with Gasteiger partial charge in [-0.1, -0.05) is 0 Å². The van der Waals surface area contributed by atoms with E-state index in [0.29, 0.717) is 0 Å². The van der Waals surface area contributed by atoms with Gasteiger partial charge >= 0.3 is 0 Å². The molecule has 0 saturated carbocycles. The summed E-state index contributed by atoms with van der Waals surface area (Å²) in [6.07, 6.45) is 3.41. The normalized spacial score (nSPS) is 12.6. The number of halogens is 1. The maximum absolute atomic E-state index is 12.7. The summed E-state index contributed by atoms with van der Waals surface area (Å²) < 4.78 is 17.8. The Labute approximate surface area is 104 Å². The molecule has 90 valence electrons. The molecule has 1 aromatic carbocycles. The Morgan fingerprint density at radius 1 is 1.29 bits per heavy atom. The van der Waals surface area contributed by atoms with E-state index in [1.807, 2.05) is 13.1 Å². The van der Waals surface area contributed by atoms with Crippen LogP contribution in [0.4, 0.5) is 4.39 Å². The van der Waals surface area contributed by atoms with Crippen molar-refractivity contribution in [1.29, 1.82) is 0 Å². The highest BCUT2D eigenvalue weighted by atomic mass is 32.2. The first-order valence-electron chi connectivity index (χ1n) is 5.37. The number of thioether (sulfide) groups is 1. The lowest BCUT2D eigenvalue weighted by molar-refractivity contribution is 0.555. The van der Waals surface area contributed by atoms with Gasteiger partial charge in [-0.15, -0.1) is 11.8 Å². The van der Waals surface area contributed by atoms with Gasteiger partial charge in [-0.3, -0.25) is 0 Å². The molecule has 1 heterocycles. The van der Waals surface area contributed by atoms with E-state index in [-0.39, 0.29) is 11.9 Å². The first kappa shape index (κ1) is 12.2. The molecule has 1 N–H and O–H groups in total. The Bertz CT molecular complexity index is 441. The number of hydrogen-bond acceptors (Lipinski definition) is 3. The summed E-state index contributed by atoms with van der Waals surface area (Å²) >= 11 is 1.69. The molecule has 0 amide bonds. The molecule has 2 nitrogen and oxygen atoms in total. The number of benzene rings is 1. The van der Waals surface area contributed by atoms with Crippen molar-refractivity contribution < 1.29 is 8.81 Å². The van der Waals surface area contributed by atoms with Crippen LogP contribution in [0.5, 0.6) is 0 Å². The maximum Gasteiger partial charge on any atom is 0.123 e. The quantitative estimate of drug-likeness (QED) is 0.824. The molecule has 0 aliphatic rings. The van der Waals surface area contributed by atoms with Gasteiger partial charge in [-0.25, -0.2) is 4.39 Å². The molecule has 0 fully saturated rings. The maximum atomic E-state index is 12.7. The van der Waals surface area contributed by atoms with E-state index in [0.717, 1.165) is 16.2 Å². The van der Waals surface area contributed by atoms with Gasteiger partial charge in [-0.05, 0) is 37.4 Å². The smallest absolute Gasteiger partial charge is 0.123 e. The Morgan fingerprint density at radius 3 is 2.65 bits per heavy atom. The molecule has 4 heteroatoms. The lowest BCUT2D eigenvalue weighted by Crippen LogP contribution is -2.17. The van der Waals surface area contributed by atoms with Gasteiger partial charge in [-0.2, -0.15) is 0 Å². The average molecular weight is 251 g/mol. The Balaban J connectivity index is 1.94. The first-order valence-corrected chi connectivity index (χ1v) is 6.36. The van der Waals surface area contributed by atoms with Crippen LogP contribution >= 0.6 is 11.8 Å². The van der Waals surface area contributed by atoms with E-state index in [4.69, 9.17) is 4.42 Å². The lowest BCUT2D eigenvalue weighted by Gasteiger charge is -2.13. The second-order valence-electron chi connectivity index (χ2n) is 3.66. The average Bonchev–Trinajstić information content (AvgIpc) is 2.86. The second kappa shape index (κ2) is 5.89. The van der Waals surface area contributed by atoms with Crippen molar-refractivity contribution in [3.05, 3.63) is 54.2 Å². The number of furan rings is 1. The van der Waals surface area contributed by atoms with Crippen molar-refractivity contribution in [2.75, 3.05) is 12.8 Å². The third-order valence-corrected chi connectivity index (χ3v) is 3.63. The van der Waals surface area contributed by atoms with Gasteiger partial charge in [0.1, 0.15) is 5.82 Å². The van der Waals surface area contributed by atoms with Gasteiger partial charge in [0.25, 0.3) is 0 Å². The summed E-state index contributed by atoms with van der Waals surface area (Å²) in [6, 6.07) is 8.74. The Morgan fingerprint density at radius 2 is 2.06 bits per heavy atom. The molecule has 17 heavy (non-hydrogen) atoms. The monoisotopic (exact) mass is 251 g/mol. The van der Waals surface area contributed by atoms with Crippen LogP contribution in [-0.4, -0.2) is 12.8 Å². The molecular formula is C13H14FNOS. The molecule has 1 atom stereocenters. The van der Waals surface area contributed by atoms with Gasteiger partial charge in [0.15, 0.2) is 0 Å². The third-order valence-electron chi connectivity index (χ3n) is 2.52. The van der Waals surface area contributed by atoms with Crippen molar-refractivity contribution in [2.24, 2.45) is 0 Å². The zero-order valence-electron chi connectivity index (χ0n) is 9.52. The molecule has 0 saturated heterocycles. The molecule has 2 rings (SSSR count). The van der Waals surface area contributed by atoms with E-state index < -0.39 is 0 Å². The van der Waals surface area contributed by atoms with Crippen LogP contribution in [0.15, 0.2) is 52.2 Å². The minimum Gasteiger partial charge on any atom is -0.472 e. The highest BCUT2D eigenvalue weighted by Crippen LogP contribution is 2.24. The van der Waals surface area contributed by atoms with Crippen molar-refractivity contribution in [3.8, 4) is 0 Å². The number of rotatable bonds is 5. The van der Waals surface area contributed by atoms with Gasteiger partial charge in [0.2, 0.25) is 0 Å². The fourth-order valence-electron chi connectivity index (χ4n) is 1.53. The molecule has 0 radical (unpaired) electrons. The minimum atomic E-state index is -0.200. The second-order valence-corrected chi connectivity index (χ2v) is 4.76. The van der Waals surface area contributed by atoms with Crippen molar-refractivity contribution in [3.63, 3.8) is 0 Å². The van der Waals surface area contributed by atoms with Crippen LogP contribution in [0, 0.1) is 5.82 Å². The van der Waals surface area contributed by atoms with Crippen LogP contribution in [0.1, 0.15) is 11.6 Å². The predicted molar refractivity (Wildman–Crippen MR) is 67.6 cm³/mol. The molecule has 1 aromatic heterocycles. The summed E-state index contributed by atoms with van der Waals surface area (Å²) in [6.45, 7) is 0. The van der Waals surface area contributed by atoms with E-state index in [2.05, 4.69) is 5.32 Å². The Hall–Kier alpha value is -1.26. The van der Waals surface area contributed by atoms with Crippen LogP contribution in [0.3, 0.4) is 0 Å². The van der Waals surface area contributed by atoms with Crippen LogP contribution in [0.25, 0.3) is 0 Å². The molecular weight excluding hydrogens is 237 g/mol. The predicted octanol–water partition coefficient (Wildman–Crippen LogP) is 3.47. The summed E-state index contributed by atoms with van der Waals surface area (Å²) in [5, 5.41) is 3.23. The molecule has 0 aliphatic carbocycles. The molecule has 2 aromatic rings. The highest BCUT2D eigenvalue weighted by molar-refractivity contribution is 7.99. The van der Waals surface area contributed by atoms with Crippen molar-refractivity contribution in [2.45, 2.75) is 10.9 Å². The summed E-state index contributed by atoms with van der Waals surface area (Å²) in [4.78, 5) is 1.06. The SMILES string of the molecule is CNC(CSc1ccc(F)cc1)c1ccoc1. The first-order chi connectivity index (χ1) is 8.29. The van der Waals surface area contributed by atoms with Crippen LogP contribution in [-0.2, 0) is 0 Å². The standard InChI is InChI=1S/C13H14FNOS/c1-15-13(10-6-7-16-8-10)9-17-12-4-2-11(14)3-5-12/h2-8,13,15H,9H2,1H3. The number of nitrogens with one attached hydrogen (secondary N) is 1. The van der Waals surface area contributed by atoms with Crippen LogP contribution < -0.4 is 5.32 Å². The van der Waals surface area contributed by atoms with E-state index in [1.165, 1.54) is 12.1 Å². The van der Waals surface area contributed by atoms with E-state index in [1.54, 1.807) is 36.4 Å². The summed E-state index contributed by atoms with van der Waals surface area (Å²) in [7, 11) is 1.92. The third kappa shape index (κ3) is 3.35. The molecule has 0 bridgehead atoms. The summed E-state index contributed by atoms with van der Waals surface area (Å²) in [5.74, 6) is 0.677. The van der Waals surface area contributed by atoms with E-state index in [9.17, 15) is 4.39 Å². The zero-order valence-corrected chi connectivity index (χ0v) is 10.3.